The lowest BCUT2D eigenvalue weighted by molar-refractivity contribution is 0.174. The van der Waals surface area contributed by atoms with Crippen molar-refractivity contribution in [1.29, 1.82) is 0 Å². The van der Waals surface area contributed by atoms with E-state index in [-0.39, 0.29) is 6.79 Å². The highest BCUT2D eigenvalue weighted by Crippen LogP contribution is 2.35. The van der Waals surface area contributed by atoms with E-state index >= 15 is 0 Å². The van der Waals surface area contributed by atoms with Crippen LogP contribution in [-0.4, -0.2) is 29.9 Å². The summed E-state index contributed by atoms with van der Waals surface area (Å²) in [6.07, 6.45) is 4.06. The molecule has 1 aromatic carbocycles. The molecule has 4 rings (SSSR count). The van der Waals surface area contributed by atoms with Crippen molar-refractivity contribution in [3.8, 4) is 11.5 Å². The molecule has 1 saturated heterocycles. The van der Waals surface area contributed by atoms with Crippen LogP contribution < -0.4 is 19.7 Å². The van der Waals surface area contributed by atoms with Gasteiger partial charge in [0, 0.05) is 30.9 Å². The van der Waals surface area contributed by atoms with Gasteiger partial charge in [-0.2, -0.15) is 0 Å². The molecule has 1 aromatic heterocycles. The lowest BCUT2D eigenvalue weighted by Crippen LogP contribution is -2.19. The third kappa shape index (κ3) is 2.44. The summed E-state index contributed by atoms with van der Waals surface area (Å²) >= 11 is 0. The van der Waals surface area contributed by atoms with Gasteiger partial charge in [-0.1, -0.05) is 0 Å². The number of nitrogens with zero attached hydrogens (tertiary/aromatic N) is 3. The molecule has 0 bridgehead atoms. The lowest BCUT2D eigenvalue weighted by atomic mass is 10.3. The number of anilines is 3. The molecule has 0 atom stereocenters. The third-order valence-electron chi connectivity index (χ3n) is 3.73. The Hall–Kier alpha value is -2.50. The summed E-state index contributed by atoms with van der Waals surface area (Å²) in [5.41, 5.74) is 0.922. The summed E-state index contributed by atoms with van der Waals surface area (Å²) in [6.45, 7) is 2.42. The van der Waals surface area contributed by atoms with E-state index in [1.807, 2.05) is 24.3 Å². The van der Waals surface area contributed by atoms with Crippen LogP contribution in [0.25, 0.3) is 0 Å². The SMILES string of the molecule is c1nc(Nc2ccc3c(c2)OCO3)cc(N2CCCC2)n1. The molecular weight excluding hydrogens is 268 g/mol. The normalized spacial score (nSPS) is 16.3. The van der Waals surface area contributed by atoms with Gasteiger partial charge >= 0.3 is 0 Å². The van der Waals surface area contributed by atoms with Crippen LogP contribution in [0, 0.1) is 0 Å². The minimum atomic E-state index is 0.283. The van der Waals surface area contributed by atoms with Crippen molar-refractivity contribution in [2.75, 3.05) is 30.1 Å². The van der Waals surface area contributed by atoms with E-state index in [2.05, 4.69) is 20.2 Å². The average molecular weight is 284 g/mol. The number of hydrogen-bond donors (Lipinski definition) is 1. The first-order valence-electron chi connectivity index (χ1n) is 7.12. The fourth-order valence-corrected chi connectivity index (χ4v) is 2.66. The average Bonchev–Trinajstić information content (AvgIpc) is 3.18. The van der Waals surface area contributed by atoms with Crippen molar-refractivity contribution < 1.29 is 9.47 Å². The van der Waals surface area contributed by atoms with Gasteiger partial charge in [-0.3, -0.25) is 0 Å². The topological polar surface area (TPSA) is 59.5 Å². The van der Waals surface area contributed by atoms with Crippen LogP contribution in [0.4, 0.5) is 17.3 Å². The van der Waals surface area contributed by atoms with Crippen molar-refractivity contribution in [2.24, 2.45) is 0 Å². The van der Waals surface area contributed by atoms with Crippen LogP contribution in [0.3, 0.4) is 0 Å². The van der Waals surface area contributed by atoms with Gasteiger partial charge in [0.2, 0.25) is 6.79 Å². The predicted molar refractivity (Wildman–Crippen MR) is 79.3 cm³/mol. The quantitative estimate of drug-likeness (QED) is 0.934. The van der Waals surface area contributed by atoms with Crippen LogP contribution >= 0.6 is 0 Å². The molecular formula is C15H16N4O2. The molecule has 0 spiro atoms. The molecule has 1 fully saturated rings. The van der Waals surface area contributed by atoms with Crippen molar-refractivity contribution in [1.82, 2.24) is 9.97 Å². The molecule has 1 N–H and O–H groups in total. The van der Waals surface area contributed by atoms with Gasteiger partial charge in [0.05, 0.1) is 0 Å². The molecule has 2 aromatic rings. The molecule has 108 valence electrons. The number of ether oxygens (including phenoxy) is 2. The summed E-state index contributed by atoms with van der Waals surface area (Å²) in [5.74, 6) is 3.30. The summed E-state index contributed by atoms with van der Waals surface area (Å²) in [7, 11) is 0. The van der Waals surface area contributed by atoms with Gasteiger partial charge < -0.3 is 19.7 Å². The number of nitrogens with one attached hydrogen (secondary N) is 1. The Balaban J connectivity index is 1.55. The molecule has 0 unspecified atom stereocenters. The summed E-state index contributed by atoms with van der Waals surface area (Å²) in [6, 6.07) is 7.74. The fourth-order valence-electron chi connectivity index (χ4n) is 2.66. The minimum Gasteiger partial charge on any atom is -0.454 e. The number of benzene rings is 1. The molecule has 2 aliphatic rings. The molecule has 0 saturated carbocycles. The molecule has 3 heterocycles. The molecule has 2 aliphatic heterocycles. The first kappa shape index (κ1) is 12.3. The van der Waals surface area contributed by atoms with Gasteiger partial charge in [-0.15, -0.1) is 0 Å². The van der Waals surface area contributed by atoms with E-state index in [1.54, 1.807) is 6.33 Å². The zero-order valence-electron chi connectivity index (χ0n) is 11.6. The van der Waals surface area contributed by atoms with E-state index in [4.69, 9.17) is 9.47 Å². The van der Waals surface area contributed by atoms with Crippen molar-refractivity contribution in [3.05, 3.63) is 30.6 Å². The minimum absolute atomic E-state index is 0.283. The maximum absolute atomic E-state index is 5.38. The highest BCUT2D eigenvalue weighted by atomic mass is 16.7. The van der Waals surface area contributed by atoms with Gasteiger partial charge in [0.15, 0.2) is 11.5 Å². The predicted octanol–water partition coefficient (Wildman–Crippen LogP) is 2.55. The van der Waals surface area contributed by atoms with E-state index in [0.717, 1.165) is 41.9 Å². The maximum atomic E-state index is 5.38. The van der Waals surface area contributed by atoms with Crippen LogP contribution in [0.15, 0.2) is 30.6 Å². The standard InChI is InChI=1S/C15H16N4O2/c1-2-6-19(5-1)15-8-14(16-9-17-15)18-11-3-4-12-13(7-11)21-10-20-12/h3-4,7-9H,1-2,5-6,10H2,(H,16,17,18). The number of aromatic nitrogens is 2. The Morgan fingerprint density at radius 3 is 2.76 bits per heavy atom. The van der Waals surface area contributed by atoms with Gasteiger partial charge in [0.1, 0.15) is 18.0 Å². The Kier molecular flexibility index (Phi) is 2.99. The second-order valence-corrected chi connectivity index (χ2v) is 5.15. The fraction of sp³-hybridized carbons (Fsp3) is 0.333. The zero-order valence-corrected chi connectivity index (χ0v) is 11.6. The van der Waals surface area contributed by atoms with Crippen molar-refractivity contribution in [2.45, 2.75) is 12.8 Å². The van der Waals surface area contributed by atoms with E-state index in [1.165, 1.54) is 12.8 Å². The van der Waals surface area contributed by atoms with Gasteiger partial charge in [-0.25, -0.2) is 9.97 Å². The Morgan fingerprint density at radius 1 is 1.00 bits per heavy atom. The van der Waals surface area contributed by atoms with Crippen LogP contribution in [0.2, 0.25) is 0 Å². The number of rotatable bonds is 3. The maximum Gasteiger partial charge on any atom is 0.231 e. The summed E-state index contributed by atoms with van der Waals surface area (Å²) in [4.78, 5) is 10.9. The van der Waals surface area contributed by atoms with Crippen molar-refractivity contribution >= 4 is 17.3 Å². The third-order valence-corrected chi connectivity index (χ3v) is 3.73. The second-order valence-electron chi connectivity index (χ2n) is 5.15. The molecule has 0 radical (unpaired) electrons. The second kappa shape index (κ2) is 5.12. The van der Waals surface area contributed by atoms with Gasteiger partial charge in [0.25, 0.3) is 0 Å². The molecule has 0 aliphatic carbocycles. The lowest BCUT2D eigenvalue weighted by Gasteiger charge is -2.16. The Labute approximate surface area is 122 Å². The van der Waals surface area contributed by atoms with Crippen LogP contribution in [0.1, 0.15) is 12.8 Å². The van der Waals surface area contributed by atoms with Crippen LogP contribution in [0.5, 0.6) is 11.5 Å². The highest BCUT2D eigenvalue weighted by Gasteiger charge is 2.15. The molecule has 21 heavy (non-hydrogen) atoms. The first-order chi connectivity index (χ1) is 10.4. The van der Waals surface area contributed by atoms with E-state index in [9.17, 15) is 0 Å². The number of fused-ring (bicyclic) bond motifs is 1. The first-order valence-corrected chi connectivity index (χ1v) is 7.12. The largest absolute Gasteiger partial charge is 0.454 e. The number of hydrogen-bond acceptors (Lipinski definition) is 6. The van der Waals surface area contributed by atoms with Gasteiger partial charge in [-0.05, 0) is 25.0 Å². The summed E-state index contributed by atoms with van der Waals surface area (Å²) < 4.78 is 10.7. The van der Waals surface area contributed by atoms with E-state index in [0.29, 0.717) is 0 Å². The molecule has 6 heteroatoms. The highest BCUT2D eigenvalue weighted by molar-refractivity contribution is 5.63. The summed E-state index contributed by atoms with van der Waals surface area (Å²) in [5, 5.41) is 3.28. The molecule has 6 nitrogen and oxygen atoms in total. The smallest absolute Gasteiger partial charge is 0.231 e. The Bertz CT molecular complexity index is 656. The Morgan fingerprint density at radius 2 is 1.86 bits per heavy atom. The van der Waals surface area contributed by atoms with Crippen LogP contribution in [-0.2, 0) is 0 Å². The van der Waals surface area contributed by atoms with E-state index < -0.39 is 0 Å². The molecule has 0 amide bonds. The van der Waals surface area contributed by atoms with Crippen molar-refractivity contribution in [3.63, 3.8) is 0 Å². The zero-order chi connectivity index (χ0) is 14.1. The monoisotopic (exact) mass is 284 g/mol.